The third-order valence-corrected chi connectivity index (χ3v) is 5.17. The minimum atomic E-state index is -0.392. The van der Waals surface area contributed by atoms with Gasteiger partial charge in [0.1, 0.15) is 0 Å². The summed E-state index contributed by atoms with van der Waals surface area (Å²) in [6, 6.07) is 6.22. The Morgan fingerprint density at radius 2 is 1.93 bits per heavy atom. The Kier molecular flexibility index (Phi) is 4.61. The van der Waals surface area contributed by atoms with Crippen molar-refractivity contribution in [3.63, 3.8) is 0 Å². The maximum Gasteiger partial charge on any atom is 0.414 e. The van der Waals surface area contributed by atoms with Crippen molar-refractivity contribution >= 4 is 23.4 Å². The van der Waals surface area contributed by atoms with Gasteiger partial charge in [-0.15, -0.1) is 0 Å². The van der Waals surface area contributed by atoms with Gasteiger partial charge in [0, 0.05) is 25.2 Å². The molecular formula is C21H26N4O3. The second-order valence-electron chi connectivity index (χ2n) is 7.92. The summed E-state index contributed by atoms with van der Waals surface area (Å²) in [6.45, 7) is 7.54. The van der Waals surface area contributed by atoms with E-state index in [9.17, 15) is 9.59 Å². The molecule has 1 atom stereocenters. The van der Waals surface area contributed by atoms with Crippen LogP contribution in [0.15, 0.2) is 30.6 Å². The highest BCUT2D eigenvalue weighted by molar-refractivity contribution is 6.03. The molecule has 1 unspecified atom stereocenters. The van der Waals surface area contributed by atoms with Crippen LogP contribution in [0.3, 0.4) is 0 Å². The third-order valence-electron chi connectivity index (χ3n) is 5.17. The van der Waals surface area contributed by atoms with Crippen LogP contribution in [0.2, 0.25) is 0 Å². The molecule has 0 saturated heterocycles. The number of fused-ring (bicyclic) bond motifs is 1. The maximum absolute atomic E-state index is 12.7. The first-order chi connectivity index (χ1) is 13.3. The van der Waals surface area contributed by atoms with Gasteiger partial charge in [0.15, 0.2) is 0 Å². The van der Waals surface area contributed by atoms with Gasteiger partial charge in [0.2, 0.25) is 5.91 Å². The molecule has 0 radical (unpaired) electrons. The van der Waals surface area contributed by atoms with E-state index in [1.54, 1.807) is 16.7 Å². The zero-order valence-electron chi connectivity index (χ0n) is 16.8. The fourth-order valence-corrected chi connectivity index (χ4v) is 3.75. The largest absolute Gasteiger partial charge is 0.446 e. The van der Waals surface area contributed by atoms with Crippen LogP contribution in [0.25, 0.3) is 11.1 Å². The van der Waals surface area contributed by atoms with Gasteiger partial charge >= 0.3 is 6.09 Å². The molecule has 7 nitrogen and oxygen atoms in total. The SMILES string of the molecule is CC(=O)N1c2ccc(-c3cnn(C4CC4)c3)cc2N(C(=O)OC(C)C)CC1C. The predicted molar refractivity (Wildman–Crippen MR) is 108 cm³/mol. The predicted octanol–water partition coefficient (Wildman–Crippen LogP) is 3.99. The average molecular weight is 382 g/mol. The minimum absolute atomic E-state index is 0.0417. The van der Waals surface area contributed by atoms with Crippen LogP contribution in [0, 0.1) is 0 Å². The number of rotatable bonds is 3. The molecule has 28 heavy (non-hydrogen) atoms. The van der Waals surface area contributed by atoms with Crippen molar-refractivity contribution in [2.45, 2.75) is 58.7 Å². The standard InChI is InChI=1S/C21H26N4O3/c1-13(2)28-21(27)23-11-14(3)25(15(4)26)19-8-5-16(9-20(19)23)17-10-22-24(12-17)18-6-7-18/h5,8-10,12-14,18H,6-7,11H2,1-4H3. The number of anilines is 2. The van der Waals surface area contributed by atoms with Gasteiger partial charge < -0.3 is 9.64 Å². The van der Waals surface area contributed by atoms with Crippen LogP contribution >= 0.6 is 0 Å². The Bertz CT molecular complexity index is 916. The van der Waals surface area contributed by atoms with Crippen LogP contribution < -0.4 is 9.80 Å². The molecule has 7 heteroatoms. The number of hydrogen-bond donors (Lipinski definition) is 0. The van der Waals surface area contributed by atoms with E-state index in [4.69, 9.17) is 4.74 Å². The van der Waals surface area contributed by atoms with E-state index in [2.05, 4.69) is 5.10 Å². The number of aromatic nitrogens is 2. The van der Waals surface area contributed by atoms with Gasteiger partial charge in [-0.3, -0.25) is 14.4 Å². The summed E-state index contributed by atoms with van der Waals surface area (Å²) in [4.78, 5) is 28.3. The molecule has 0 bridgehead atoms. The van der Waals surface area contributed by atoms with Gasteiger partial charge in [0.05, 0.1) is 35.8 Å². The van der Waals surface area contributed by atoms with Crippen LogP contribution in [-0.4, -0.2) is 40.5 Å². The first kappa shape index (κ1) is 18.5. The van der Waals surface area contributed by atoms with Gasteiger partial charge in [-0.1, -0.05) is 6.07 Å². The van der Waals surface area contributed by atoms with E-state index >= 15 is 0 Å². The van der Waals surface area contributed by atoms with E-state index < -0.39 is 6.09 Å². The van der Waals surface area contributed by atoms with E-state index in [1.165, 1.54) is 12.8 Å². The molecule has 1 aromatic heterocycles. The maximum atomic E-state index is 12.7. The van der Waals surface area contributed by atoms with Crippen molar-refractivity contribution in [1.29, 1.82) is 0 Å². The normalized spacial score (nSPS) is 19.0. The molecule has 2 amide bonds. The molecule has 0 N–H and O–H groups in total. The molecule has 1 aromatic carbocycles. The van der Waals surface area contributed by atoms with E-state index in [0.717, 1.165) is 16.8 Å². The second kappa shape index (κ2) is 6.96. The van der Waals surface area contributed by atoms with Crippen molar-refractivity contribution in [3.8, 4) is 11.1 Å². The fourth-order valence-electron chi connectivity index (χ4n) is 3.75. The molecule has 2 aliphatic rings. The Morgan fingerprint density at radius 1 is 1.18 bits per heavy atom. The number of hydrogen-bond acceptors (Lipinski definition) is 4. The monoisotopic (exact) mass is 382 g/mol. The summed E-state index contributed by atoms with van der Waals surface area (Å²) in [7, 11) is 0. The highest BCUT2D eigenvalue weighted by atomic mass is 16.6. The van der Waals surface area contributed by atoms with Crippen molar-refractivity contribution in [3.05, 3.63) is 30.6 Å². The zero-order valence-corrected chi connectivity index (χ0v) is 16.8. The topological polar surface area (TPSA) is 67.7 Å². The number of amides is 2. The number of nitrogens with zero attached hydrogens (tertiary/aromatic N) is 4. The summed E-state index contributed by atoms with van der Waals surface area (Å²) in [6.07, 6.45) is 5.64. The van der Waals surface area contributed by atoms with Crippen LogP contribution in [0.4, 0.5) is 16.2 Å². The molecule has 148 valence electrons. The molecule has 2 heterocycles. The number of carbonyl (C=O) groups excluding carboxylic acids is 2. The number of ether oxygens (including phenoxy) is 1. The zero-order chi connectivity index (χ0) is 20.0. The highest BCUT2D eigenvalue weighted by Crippen LogP contribution is 2.40. The van der Waals surface area contributed by atoms with Gasteiger partial charge in [-0.25, -0.2) is 4.79 Å². The molecule has 2 aromatic rings. The molecule has 1 aliphatic heterocycles. The lowest BCUT2D eigenvalue weighted by atomic mass is 10.0. The van der Waals surface area contributed by atoms with Crippen molar-refractivity contribution < 1.29 is 14.3 Å². The summed E-state index contributed by atoms with van der Waals surface area (Å²) in [5, 5.41) is 4.46. The lowest BCUT2D eigenvalue weighted by Gasteiger charge is -2.40. The lowest BCUT2D eigenvalue weighted by Crippen LogP contribution is -2.51. The van der Waals surface area contributed by atoms with Gasteiger partial charge in [-0.05, 0) is 51.3 Å². The first-order valence-electron chi connectivity index (χ1n) is 9.81. The molecule has 0 spiro atoms. The second-order valence-corrected chi connectivity index (χ2v) is 7.92. The quantitative estimate of drug-likeness (QED) is 0.805. The Labute approximate surface area is 164 Å². The lowest BCUT2D eigenvalue weighted by molar-refractivity contribution is -0.117. The summed E-state index contributed by atoms with van der Waals surface area (Å²) >= 11 is 0. The highest BCUT2D eigenvalue weighted by Gasteiger charge is 2.35. The third kappa shape index (κ3) is 3.37. The molecule has 1 aliphatic carbocycles. The van der Waals surface area contributed by atoms with Crippen molar-refractivity contribution in [2.24, 2.45) is 0 Å². The van der Waals surface area contributed by atoms with Crippen LogP contribution in [0.1, 0.15) is 46.6 Å². The van der Waals surface area contributed by atoms with E-state index in [0.29, 0.717) is 18.3 Å². The summed E-state index contributed by atoms with van der Waals surface area (Å²) < 4.78 is 7.45. The Hall–Kier alpha value is -2.83. The van der Waals surface area contributed by atoms with Crippen LogP contribution in [-0.2, 0) is 9.53 Å². The number of benzene rings is 1. The fraction of sp³-hybridized carbons (Fsp3) is 0.476. The van der Waals surface area contributed by atoms with Crippen LogP contribution in [0.5, 0.6) is 0 Å². The Balaban J connectivity index is 1.75. The molecular weight excluding hydrogens is 356 g/mol. The molecule has 1 saturated carbocycles. The van der Waals surface area contributed by atoms with Crippen molar-refractivity contribution in [1.82, 2.24) is 9.78 Å². The van der Waals surface area contributed by atoms with E-state index in [-0.39, 0.29) is 18.1 Å². The first-order valence-corrected chi connectivity index (χ1v) is 9.81. The summed E-state index contributed by atoms with van der Waals surface area (Å²) in [5.74, 6) is -0.0417. The molecule has 1 fully saturated rings. The Morgan fingerprint density at radius 3 is 2.57 bits per heavy atom. The molecule has 4 rings (SSSR count). The van der Waals surface area contributed by atoms with Crippen molar-refractivity contribution in [2.75, 3.05) is 16.3 Å². The van der Waals surface area contributed by atoms with E-state index in [1.807, 2.05) is 56.0 Å². The van der Waals surface area contributed by atoms with Gasteiger partial charge in [-0.2, -0.15) is 5.10 Å². The summed E-state index contributed by atoms with van der Waals surface area (Å²) in [5.41, 5.74) is 3.38. The average Bonchev–Trinajstić information content (AvgIpc) is 3.36. The smallest absolute Gasteiger partial charge is 0.414 e. The number of carbonyl (C=O) groups is 2. The minimum Gasteiger partial charge on any atom is -0.446 e. The van der Waals surface area contributed by atoms with Gasteiger partial charge in [0.25, 0.3) is 0 Å².